The van der Waals surface area contributed by atoms with Crippen LogP contribution in [-0.4, -0.2) is 71.2 Å². The van der Waals surface area contributed by atoms with Crippen LogP contribution < -0.4 is 10.6 Å². The van der Waals surface area contributed by atoms with Gasteiger partial charge in [-0.05, 0) is 12.8 Å². The fourth-order valence-corrected chi connectivity index (χ4v) is 3.28. The van der Waals surface area contributed by atoms with Crippen LogP contribution in [0.1, 0.15) is 25.5 Å². The summed E-state index contributed by atoms with van der Waals surface area (Å²) in [5.74, 6) is 0.695. The van der Waals surface area contributed by atoms with Crippen LogP contribution in [0.25, 0.3) is 22.7 Å². The van der Waals surface area contributed by atoms with Gasteiger partial charge in [-0.15, -0.1) is 5.10 Å². The van der Waals surface area contributed by atoms with Gasteiger partial charge in [-0.1, -0.05) is 5.21 Å². The number of nitrogens with one attached hydrogen (secondary N) is 3. The van der Waals surface area contributed by atoms with E-state index >= 15 is 0 Å². The number of H-pyrrole nitrogens is 1. The molecule has 4 heterocycles. The van der Waals surface area contributed by atoms with Crippen molar-refractivity contribution in [2.45, 2.75) is 43.7 Å². The van der Waals surface area contributed by atoms with E-state index in [4.69, 9.17) is 4.74 Å². The zero-order chi connectivity index (χ0) is 19.3. The highest BCUT2D eigenvalue weighted by atomic mass is 16.5. The molecule has 146 valence electrons. The quantitative estimate of drug-likeness (QED) is 0.458. The van der Waals surface area contributed by atoms with Crippen molar-refractivity contribution in [2.24, 2.45) is 0 Å². The topological polar surface area (TPSA) is 156 Å². The first-order valence-electron chi connectivity index (χ1n) is 9.07. The monoisotopic (exact) mass is 385 g/mol. The van der Waals surface area contributed by atoms with Crippen molar-refractivity contribution in [3.8, 4) is 11.5 Å². The van der Waals surface area contributed by atoms with Gasteiger partial charge in [0.25, 0.3) is 0 Å². The molecule has 1 saturated heterocycles. The van der Waals surface area contributed by atoms with Crippen LogP contribution in [0.5, 0.6) is 0 Å². The number of aliphatic hydroxyl groups excluding tert-OH is 1. The highest BCUT2D eigenvalue weighted by molar-refractivity contribution is 5.85. The average Bonchev–Trinajstić information content (AvgIpc) is 3.11. The zero-order valence-corrected chi connectivity index (χ0v) is 15.0. The number of fused-ring (bicyclic) bond motifs is 1. The molecule has 1 saturated carbocycles. The second-order valence-corrected chi connectivity index (χ2v) is 6.93. The van der Waals surface area contributed by atoms with E-state index in [2.05, 4.69) is 41.0 Å². The first-order chi connectivity index (χ1) is 13.6. The van der Waals surface area contributed by atoms with Gasteiger partial charge in [0.1, 0.15) is 17.9 Å². The predicted molar refractivity (Wildman–Crippen MR) is 95.9 cm³/mol. The highest BCUT2D eigenvalue weighted by Gasteiger charge is 2.39. The molecule has 1 aliphatic heterocycles. The van der Waals surface area contributed by atoms with Crippen molar-refractivity contribution in [1.29, 1.82) is 0 Å². The zero-order valence-electron chi connectivity index (χ0n) is 15.0. The number of hydrogen-bond acceptors (Lipinski definition) is 9. The van der Waals surface area contributed by atoms with Crippen molar-refractivity contribution in [3.05, 3.63) is 12.5 Å². The second-order valence-electron chi connectivity index (χ2n) is 6.93. The third kappa shape index (κ3) is 2.86. The standard InChI is InChI=1S/C16H19N9O3/c1-17-15(27)10-4-9(26)16(28-10)25-6-18-11-13(20-7-2-3-7)21-12(22-14(11)25)8-5-19-24-23-8/h5-7,9-10,16,26H,2-4H2,1H3,(H,17,27)(H,19,23,24)(H,20,21,22)/t9-,10+,16?/m1/s1. The van der Waals surface area contributed by atoms with Crippen LogP contribution in [-0.2, 0) is 9.53 Å². The number of aromatic amines is 1. The average molecular weight is 385 g/mol. The summed E-state index contributed by atoms with van der Waals surface area (Å²) in [7, 11) is 1.53. The molecule has 2 aliphatic rings. The molecule has 12 nitrogen and oxygen atoms in total. The maximum Gasteiger partial charge on any atom is 0.249 e. The summed E-state index contributed by atoms with van der Waals surface area (Å²) in [5, 5.41) is 26.7. The molecule has 1 unspecified atom stereocenters. The van der Waals surface area contributed by atoms with Crippen LogP contribution in [0.4, 0.5) is 5.82 Å². The molecule has 5 rings (SSSR count). The Labute approximate surface area is 158 Å². The molecule has 2 fully saturated rings. The van der Waals surface area contributed by atoms with Crippen LogP contribution in [0.2, 0.25) is 0 Å². The summed E-state index contributed by atoms with van der Waals surface area (Å²) in [4.78, 5) is 25.5. The Hall–Kier alpha value is -3.12. The van der Waals surface area contributed by atoms with E-state index in [1.807, 2.05) is 0 Å². The van der Waals surface area contributed by atoms with E-state index < -0.39 is 18.4 Å². The fourth-order valence-electron chi connectivity index (χ4n) is 3.28. The summed E-state index contributed by atoms with van der Waals surface area (Å²) in [6, 6.07) is 0.361. The Morgan fingerprint density at radius 2 is 2.25 bits per heavy atom. The Kier molecular flexibility index (Phi) is 3.94. The second kappa shape index (κ2) is 6.49. The third-order valence-corrected chi connectivity index (χ3v) is 4.89. The number of carbonyl (C=O) groups is 1. The van der Waals surface area contributed by atoms with Gasteiger partial charge in [0.2, 0.25) is 5.91 Å². The lowest BCUT2D eigenvalue weighted by molar-refractivity contribution is -0.134. The molecule has 3 aromatic heterocycles. The molecule has 28 heavy (non-hydrogen) atoms. The largest absolute Gasteiger partial charge is 0.388 e. The number of imidazole rings is 1. The van der Waals surface area contributed by atoms with Gasteiger partial charge in [-0.25, -0.2) is 15.0 Å². The van der Waals surface area contributed by atoms with E-state index in [1.54, 1.807) is 17.1 Å². The van der Waals surface area contributed by atoms with Crippen LogP contribution in [0.15, 0.2) is 12.5 Å². The number of hydrogen-bond donors (Lipinski definition) is 4. The Morgan fingerprint density at radius 1 is 1.39 bits per heavy atom. The molecule has 0 radical (unpaired) electrons. The molecular weight excluding hydrogens is 366 g/mol. The SMILES string of the molecule is CNC(=O)[C@@H]1C[C@@H](O)C(n2cnc3c(NC4CC4)nc(-c4c[nH]nn4)nc32)O1. The van der Waals surface area contributed by atoms with Gasteiger partial charge in [0.05, 0.1) is 12.5 Å². The summed E-state index contributed by atoms with van der Waals surface area (Å²) in [6.07, 6.45) is 3.11. The molecule has 1 amide bonds. The molecule has 12 heteroatoms. The summed E-state index contributed by atoms with van der Waals surface area (Å²) in [6.45, 7) is 0. The molecule has 3 aromatic rings. The summed E-state index contributed by atoms with van der Waals surface area (Å²) >= 11 is 0. The van der Waals surface area contributed by atoms with E-state index in [9.17, 15) is 9.90 Å². The van der Waals surface area contributed by atoms with Crippen molar-refractivity contribution in [3.63, 3.8) is 0 Å². The van der Waals surface area contributed by atoms with E-state index in [0.29, 0.717) is 34.5 Å². The molecular formula is C16H19N9O3. The molecule has 3 atom stereocenters. The molecule has 4 N–H and O–H groups in total. The lowest BCUT2D eigenvalue weighted by Gasteiger charge is -2.17. The van der Waals surface area contributed by atoms with Crippen molar-refractivity contribution in [2.75, 3.05) is 12.4 Å². The maximum absolute atomic E-state index is 11.9. The highest BCUT2D eigenvalue weighted by Crippen LogP contribution is 2.34. The summed E-state index contributed by atoms with van der Waals surface area (Å²) < 4.78 is 7.42. The van der Waals surface area contributed by atoms with Crippen molar-refractivity contribution >= 4 is 22.9 Å². The first-order valence-corrected chi connectivity index (χ1v) is 9.07. The first kappa shape index (κ1) is 17.0. The van der Waals surface area contributed by atoms with Gasteiger partial charge in [-0.2, -0.15) is 0 Å². The minimum atomic E-state index is -0.870. The fraction of sp³-hybridized carbons (Fsp3) is 0.500. The number of carbonyl (C=O) groups excluding carboxylic acids is 1. The normalized spacial score (nSPS) is 24.6. The Balaban J connectivity index is 1.58. The smallest absolute Gasteiger partial charge is 0.249 e. The lowest BCUT2D eigenvalue weighted by Crippen LogP contribution is -2.31. The number of ether oxygens (including phenoxy) is 1. The molecule has 1 aliphatic carbocycles. The van der Waals surface area contributed by atoms with Gasteiger partial charge in [0, 0.05) is 19.5 Å². The number of amides is 1. The molecule has 0 bridgehead atoms. The summed E-state index contributed by atoms with van der Waals surface area (Å²) in [5.41, 5.74) is 1.54. The van der Waals surface area contributed by atoms with Crippen LogP contribution in [0.3, 0.4) is 0 Å². The van der Waals surface area contributed by atoms with Crippen molar-refractivity contribution in [1.82, 2.24) is 40.2 Å². The van der Waals surface area contributed by atoms with Crippen molar-refractivity contribution < 1.29 is 14.6 Å². The number of anilines is 1. The van der Waals surface area contributed by atoms with E-state index in [1.165, 1.54) is 7.05 Å². The van der Waals surface area contributed by atoms with Crippen LogP contribution in [0, 0.1) is 0 Å². The lowest BCUT2D eigenvalue weighted by atomic mass is 10.2. The van der Waals surface area contributed by atoms with Crippen LogP contribution >= 0.6 is 0 Å². The number of aromatic nitrogens is 7. The van der Waals surface area contributed by atoms with Gasteiger partial charge >= 0.3 is 0 Å². The van der Waals surface area contributed by atoms with Gasteiger partial charge in [0.15, 0.2) is 29.0 Å². The number of nitrogens with zero attached hydrogens (tertiary/aromatic N) is 6. The Bertz CT molecular complexity index is 1010. The molecule has 0 spiro atoms. The van der Waals surface area contributed by atoms with E-state index in [-0.39, 0.29) is 12.3 Å². The number of rotatable bonds is 5. The minimum absolute atomic E-state index is 0.193. The molecule has 0 aromatic carbocycles. The maximum atomic E-state index is 11.9. The predicted octanol–water partition coefficient (Wildman–Crippen LogP) is -0.420. The Morgan fingerprint density at radius 3 is 2.96 bits per heavy atom. The van der Waals surface area contributed by atoms with Gasteiger partial charge < -0.3 is 20.5 Å². The number of likely N-dealkylation sites (N-methyl/N-ethyl adjacent to an activating group) is 1. The minimum Gasteiger partial charge on any atom is -0.388 e. The number of aliphatic hydroxyl groups is 1. The van der Waals surface area contributed by atoms with Gasteiger partial charge in [-0.3, -0.25) is 14.5 Å². The van der Waals surface area contributed by atoms with E-state index in [0.717, 1.165) is 12.8 Å². The third-order valence-electron chi connectivity index (χ3n) is 4.89.